The van der Waals surface area contributed by atoms with E-state index >= 15 is 0 Å². The maximum absolute atomic E-state index is 12.2. The third-order valence-electron chi connectivity index (χ3n) is 3.35. The van der Waals surface area contributed by atoms with Gasteiger partial charge >= 0.3 is 0 Å². The maximum atomic E-state index is 12.2. The number of aliphatic hydroxyl groups is 1. The summed E-state index contributed by atoms with van der Waals surface area (Å²) >= 11 is 0. The van der Waals surface area contributed by atoms with Crippen molar-refractivity contribution in [1.29, 1.82) is 0 Å². The summed E-state index contributed by atoms with van der Waals surface area (Å²) in [7, 11) is 0. The maximum Gasteiger partial charge on any atom is 0.231 e. The highest BCUT2D eigenvalue weighted by atomic mass is 16.3. The van der Waals surface area contributed by atoms with Gasteiger partial charge in [0.25, 0.3) is 0 Å². The van der Waals surface area contributed by atoms with Crippen LogP contribution in [0.5, 0.6) is 0 Å². The molecule has 0 aliphatic heterocycles. The first kappa shape index (κ1) is 14.3. The van der Waals surface area contributed by atoms with Crippen LogP contribution in [0, 0.1) is 0 Å². The molecule has 2 aromatic carbocycles. The summed E-state index contributed by atoms with van der Waals surface area (Å²) in [5, 5.41) is 12.3. The van der Waals surface area contributed by atoms with Gasteiger partial charge < -0.3 is 10.4 Å². The largest absolute Gasteiger partial charge is 0.389 e. The van der Waals surface area contributed by atoms with Crippen LogP contribution in [0.1, 0.15) is 37.0 Å². The Balaban J connectivity index is 2.04. The second kappa shape index (κ2) is 6.35. The number of hydrogen-bond acceptors (Lipinski definition) is 2. The molecule has 0 heterocycles. The van der Waals surface area contributed by atoms with Crippen LogP contribution in [0.4, 0.5) is 5.69 Å². The fourth-order valence-corrected chi connectivity index (χ4v) is 1.99. The Morgan fingerprint density at radius 3 is 2.10 bits per heavy atom. The van der Waals surface area contributed by atoms with Gasteiger partial charge in [-0.05, 0) is 37.1 Å². The van der Waals surface area contributed by atoms with Crippen molar-refractivity contribution in [1.82, 2.24) is 0 Å². The Hall–Kier alpha value is -2.13. The normalized spacial score (nSPS) is 13.6. The van der Waals surface area contributed by atoms with Crippen LogP contribution in [-0.4, -0.2) is 11.0 Å². The van der Waals surface area contributed by atoms with E-state index in [2.05, 4.69) is 5.32 Å². The van der Waals surface area contributed by atoms with E-state index in [1.807, 2.05) is 49.4 Å². The summed E-state index contributed by atoms with van der Waals surface area (Å²) in [5.74, 6) is -0.242. The van der Waals surface area contributed by atoms with Gasteiger partial charge in [-0.2, -0.15) is 0 Å². The molecule has 1 amide bonds. The molecule has 104 valence electrons. The minimum atomic E-state index is -0.497. The smallest absolute Gasteiger partial charge is 0.231 e. The van der Waals surface area contributed by atoms with Gasteiger partial charge in [0, 0.05) is 5.69 Å². The zero-order valence-corrected chi connectivity index (χ0v) is 11.7. The average molecular weight is 269 g/mol. The summed E-state index contributed by atoms with van der Waals surface area (Å²) in [6.07, 6.45) is -0.497. The lowest BCUT2D eigenvalue weighted by molar-refractivity contribution is -0.117. The van der Waals surface area contributed by atoms with E-state index < -0.39 is 6.10 Å². The number of amides is 1. The van der Waals surface area contributed by atoms with E-state index in [-0.39, 0.29) is 11.8 Å². The Morgan fingerprint density at radius 2 is 1.55 bits per heavy atom. The molecule has 2 atom stereocenters. The lowest BCUT2D eigenvalue weighted by Gasteiger charge is -2.13. The van der Waals surface area contributed by atoms with E-state index in [0.29, 0.717) is 0 Å². The molecule has 0 bridgehead atoms. The van der Waals surface area contributed by atoms with Crippen molar-refractivity contribution < 1.29 is 9.90 Å². The van der Waals surface area contributed by atoms with Gasteiger partial charge in [-0.25, -0.2) is 0 Å². The van der Waals surface area contributed by atoms with Gasteiger partial charge in [0.2, 0.25) is 5.91 Å². The molecule has 0 spiro atoms. The summed E-state index contributed by atoms with van der Waals surface area (Å²) in [5.41, 5.74) is 2.56. The highest BCUT2D eigenvalue weighted by Gasteiger charge is 2.14. The molecule has 0 fully saturated rings. The minimum Gasteiger partial charge on any atom is -0.389 e. The average Bonchev–Trinajstić information content (AvgIpc) is 2.48. The van der Waals surface area contributed by atoms with Crippen LogP contribution in [0.2, 0.25) is 0 Å². The predicted octanol–water partition coefficient (Wildman–Crippen LogP) is 3.48. The van der Waals surface area contributed by atoms with Crippen molar-refractivity contribution >= 4 is 11.6 Å². The first-order valence-corrected chi connectivity index (χ1v) is 6.72. The zero-order chi connectivity index (χ0) is 14.5. The molecule has 0 saturated carbocycles. The Morgan fingerprint density at radius 1 is 0.950 bits per heavy atom. The first-order chi connectivity index (χ1) is 9.58. The third-order valence-corrected chi connectivity index (χ3v) is 3.35. The number of aliphatic hydroxyl groups excluding tert-OH is 1. The second-order valence-electron chi connectivity index (χ2n) is 4.92. The van der Waals surface area contributed by atoms with E-state index in [1.165, 1.54) is 0 Å². The molecule has 0 aromatic heterocycles. The predicted molar refractivity (Wildman–Crippen MR) is 80.6 cm³/mol. The Bertz CT molecular complexity index is 561. The monoisotopic (exact) mass is 269 g/mol. The van der Waals surface area contributed by atoms with Gasteiger partial charge in [0.15, 0.2) is 0 Å². The quantitative estimate of drug-likeness (QED) is 0.892. The number of anilines is 1. The molecular weight excluding hydrogens is 250 g/mol. The fourth-order valence-electron chi connectivity index (χ4n) is 1.99. The van der Waals surface area contributed by atoms with Gasteiger partial charge in [0.05, 0.1) is 12.0 Å². The number of nitrogens with one attached hydrogen (secondary N) is 1. The summed E-state index contributed by atoms with van der Waals surface area (Å²) in [6.45, 7) is 3.60. The van der Waals surface area contributed by atoms with E-state index in [1.54, 1.807) is 19.1 Å². The molecule has 2 rings (SSSR count). The highest BCUT2D eigenvalue weighted by molar-refractivity contribution is 5.95. The number of benzene rings is 2. The second-order valence-corrected chi connectivity index (χ2v) is 4.92. The molecule has 3 heteroatoms. The van der Waals surface area contributed by atoms with Crippen molar-refractivity contribution in [2.75, 3.05) is 5.32 Å². The lowest BCUT2D eigenvalue weighted by atomic mass is 10.0. The lowest BCUT2D eigenvalue weighted by Crippen LogP contribution is -2.18. The fraction of sp³-hybridized carbons (Fsp3) is 0.235. The van der Waals surface area contributed by atoms with Crippen LogP contribution in [0.3, 0.4) is 0 Å². The van der Waals surface area contributed by atoms with Crippen LogP contribution in [0.25, 0.3) is 0 Å². The number of hydrogen-bond donors (Lipinski definition) is 2. The van der Waals surface area contributed by atoms with Crippen molar-refractivity contribution in [3.05, 3.63) is 65.7 Å². The minimum absolute atomic E-state index is 0.0407. The standard InChI is InChI=1S/C17H19NO2/c1-12(14-6-4-3-5-7-14)17(20)18-16-10-8-15(9-11-16)13(2)19/h3-13,19H,1-2H3,(H,18,20). The zero-order valence-electron chi connectivity index (χ0n) is 11.7. The van der Waals surface area contributed by atoms with Crippen LogP contribution < -0.4 is 5.32 Å². The number of rotatable bonds is 4. The van der Waals surface area contributed by atoms with Crippen molar-refractivity contribution in [2.24, 2.45) is 0 Å². The van der Waals surface area contributed by atoms with Gasteiger partial charge in [-0.3, -0.25) is 4.79 Å². The number of carbonyl (C=O) groups is 1. The first-order valence-electron chi connectivity index (χ1n) is 6.72. The van der Waals surface area contributed by atoms with E-state index in [9.17, 15) is 9.90 Å². The topological polar surface area (TPSA) is 49.3 Å². The van der Waals surface area contributed by atoms with Crippen LogP contribution >= 0.6 is 0 Å². The molecule has 20 heavy (non-hydrogen) atoms. The van der Waals surface area contributed by atoms with Crippen molar-refractivity contribution in [2.45, 2.75) is 25.9 Å². The van der Waals surface area contributed by atoms with Crippen LogP contribution in [0.15, 0.2) is 54.6 Å². The van der Waals surface area contributed by atoms with Gasteiger partial charge in [-0.15, -0.1) is 0 Å². The van der Waals surface area contributed by atoms with Gasteiger partial charge in [-0.1, -0.05) is 42.5 Å². The SMILES string of the molecule is CC(O)c1ccc(NC(=O)C(C)c2ccccc2)cc1. The van der Waals surface area contributed by atoms with Crippen molar-refractivity contribution in [3.8, 4) is 0 Å². The van der Waals surface area contributed by atoms with E-state index in [0.717, 1.165) is 16.8 Å². The molecular formula is C17H19NO2. The Kier molecular flexibility index (Phi) is 4.53. The molecule has 2 unspecified atom stereocenters. The molecule has 2 N–H and O–H groups in total. The Labute approximate surface area is 119 Å². The third kappa shape index (κ3) is 3.45. The summed E-state index contributed by atoms with van der Waals surface area (Å²) < 4.78 is 0. The molecule has 0 saturated heterocycles. The molecule has 3 nitrogen and oxygen atoms in total. The van der Waals surface area contributed by atoms with Gasteiger partial charge in [0.1, 0.15) is 0 Å². The van der Waals surface area contributed by atoms with Crippen LogP contribution in [-0.2, 0) is 4.79 Å². The molecule has 2 aromatic rings. The summed E-state index contributed by atoms with van der Waals surface area (Å²) in [4.78, 5) is 12.2. The number of carbonyl (C=O) groups excluding carboxylic acids is 1. The highest BCUT2D eigenvalue weighted by Crippen LogP contribution is 2.19. The molecule has 0 radical (unpaired) electrons. The molecule has 0 aliphatic rings. The molecule has 0 aliphatic carbocycles. The van der Waals surface area contributed by atoms with Crippen molar-refractivity contribution in [3.63, 3.8) is 0 Å². The van der Waals surface area contributed by atoms with E-state index in [4.69, 9.17) is 0 Å². The summed E-state index contributed by atoms with van der Waals surface area (Å²) in [6, 6.07) is 16.9.